The van der Waals surface area contributed by atoms with Crippen molar-refractivity contribution in [3.05, 3.63) is 11.9 Å². The molecule has 0 spiro atoms. The van der Waals surface area contributed by atoms with Crippen LogP contribution >= 0.6 is 0 Å². The van der Waals surface area contributed by atoms with Crippen molar-refractivity contribution in [3.8, 4) is 0 Å². The highest BCUT2D eigenvalue weighted by Crippen LogP contribution is 2.31. The molecule has 1 N–H and O–H groups in total. The van der Waals surface area contributed by atoms with Crippen LogP contribution in [-0.4, -0.2) is 21.5 Å². The van der Waals surface area contributed by atoms with E-state index < -0.39 is 0 Å². The van der Waals surface area contributed by atoms with Crippen LogP contribution in [0.15, 0.2) is 6.20 Å². The number of nitrogens with one attached hydrogen (secondary N) is 1. The van der Waals surface area contributed by atoms with Crippen LogP contribution in [0.4, 0.5) is 0 Å². The second-order valence-electron chi connectivity index (χ2n) is 5.72. The fourth-order valence-corrected chi connectivity index (χ4v) is 3.22. The van der Waals surface area contributed by atoms with Crippen LogP contribution in [0.5, 0.6) is 0 Å². The summed E-state index contributed by atoms with van der Waals surface area (Å²) >= 11 is 0. The Hall–Kier alpha value is -0.900. The predicted octanol–water partition coefficient (Wildman–Crippen LogP) is 3.31. The fourth-order valence-electron chi connectivity index (χ4n) is 3.22. The van der Waals surface area contributed by atoms with Gasteiger partial charge in [-0.15, -0.1) is 5.10 Å². The number of rotatable bonds is 8. The minimum absolute atomic E-state index is 0.423. The van der Waals surface area contributed by atoms with Crippen LogP contribution in [0.2, 0.25) is 0 Å². The van der Waals surface area contributed by atoms with Crippen molar-refractivity contribution >= 4 is 0 Å². The number of nitrogens with zero attached hydrogens (tertiary/aromatic N) is 3. The highest BCUT2D eigenvalue weighted by molar-refractivity contribution is 5.02. The summed E-state index contributed by atoms with van der Waals surface area (Å²) in [6.45, 7) is 6.34. The van der Waals surface area contributed by atoms with Crippen LogP contribution in [0.3, 0.4) is 0 Å². The Morgan fingerprint density at radius 1 is 1.37 bits per heavy atom. The molecule has 1 aromatic heterocycles. The first-order valence-corrected chi connectivity index (χ1v) is 7.96. The fraction of sp³-hybridized carbons (Fsp3) is 0.867. The molecule has 0 aromatic carbocycles. The van der Waals surface area contributed by atoms with Gasteiger partial charge in [0.2, 0.25) is 0 Å². The Labute approximate surface area is 117 Å². The lowest BCUT2D eigenvalue weighted by Gasteiger charge is -2.20. The van der Waals surface area contributed by atoms with Gasteiger partial charge in [0.05, 0.1) is 17.9 Å². The van der Waals surface area contributed by atoms with Crippen molar-refractivity contribution < 1.29 is 0 Å². The van der Waals surface area contributed by atoms with E-state index in [0.29, 0.717) is 6.04 Å². The van der Waals surface area contributed by atoms with Gasteiger partial charge in [-0.1, -0.05) is 44.7 Å². The van der Waals surface area contributed by atoms with Crippen LogP contribution in [0.25, 0.3) is 0 Å². The van der Waals surface area contributed by atoms with Crippen LogP contribution in [-0.2, 0) is 6.54 Å². The van der Waals surface area contributed by atoms with Gasteiger partial charge in [0.1, 0.15) is 0 Å². The van der Waals surface area contributed by atoms with E-state index in [1.807, 2.05) is 6.20 Å². The largest absolute Gasteiger partial charge is 0.309 e. The molecular formula is C15H28N4. The zero-order chi connectivity index (χ0) is 13.5. The monoisotopic (exact) mass is 264 g/mol. The Balaban J connectivity index is 1.95. The van der Waals surface area contributed by atoms with Crippen LogP contribution in [0.1, 0.15) is 70.5 Å². The molecule has 1 unspecified atom stereocenters. The smallest absolute Gasteiger partial charge is 0.0756 e. The molecule has 19 heavy (non-hydrogen) atoms. The van der Waals surface area contributed by atoms with Crippen LogP contribution in [0, 0.1) is 5.92 Å². The van der Waals surface area contributed by atoms with Crippen molar-refractivity contribution in [2.45, 2.75) is 71.4 Å². The maximum absolute atomic E-state index is 4.22. The van der Waals surface area contributed by atoms with E-state index in [1.165, 1.54) is 44.2 Å². The van der Waals surface area contributed by atoms with E-state index in [9.17, 15) is 0 Å². The van der Waals surface area contributed by atoms with Crippen molar-refractivity contribution in [3.63, 3.8) is 0 Å². The average molecular weight is 264 g/mol. The summed E-state index contributed by atoms with van der Waals surface area (Å²) in [5.74, 6) is 0.955. The van der Waals surface area contributed by atoms with Gasteiger partial charge < -0.3 is 5.32 Å². The quantitative estimate of drug-likeness (QED) is 0.783. The summed E-state index contributed by atoms with van der Waals surface area (Å²) in [4.78, 5) is 0. The standard InChI is InChI=1S/C15H28N4/c1-3-11-19-15(12-17-18-19)14(16-4-2)10-9-13-7-5-6-8-13/h12-14,16H,3-11H2,1-2H3. The third kappa shape index (κ3) is 4.03. The Bertz CT molecular complexity index is 355. The zero-order valence-corrected chi connectivity index (χ0v) is 12.4. The van der Waals surface area contributed by atoms with E-state index in [2.05, 4.69) is 34.2 Å². The van der Waals surface area contributed by atoms with Gasteiger partial charge in [0.25, 0.3) is 0 Å². The van der Waals surface area contributed by atoms with E-state index in [-0.39, 0.29) is 0 Å². The SMILES string of the molecule is CCCn1nncc1C(CCC1CCCC1)NCC. The summed E-state index contributed by atoms with van der Waals surface area (Å²) in [6, 6.07) is 0.423. The van der Waals surface area contributed by atoms with Crippen molar-refractivity contribution in [2.24, 2.45) is 5.92 Å². The molecule has 1 aromatic rings. The van der Waals surface area contributed by atoms with Gasteiger partial charge in [0, 0.05) is 6.54 Å². The summed E-state index contributed by atoms with van der Waals surface area (Å²) < 4.78 is 2.07. The van der Waals surface area contributed by atoms with Gasteiger partial charge in [-0.25, -0.2) is 4.68 Å². The van der Waals surface area contributed by atoms with E-state index in [0.717, 1.165) is 25.4 Å². The van der Waals surface area contributed by atoms with Gasteiger partial charge in [-0.2, -0.15) is 0 Å². The Morgan fingerprint density at radius 3 is 2.84 bits per heavy atom. The molecule has 4 nitrogen and oxygen atoms in total. The number of aromatic nitrogens is 3. The van der Waals surface area contributed by atoms with E-state index >= 15 is 0 Å². The van der Waals surface area contributed by atoms with Gasteiger partial charge in [-0.3, -0.25) is 0 Å². The first-order chi connectivity index (χ1) is 9.35. The normalized spacial score (nSPS) is 18.0. The lowest BCUT2D eigenvalue weighted by Crippen LogP contribution is -2.24. The van der Waals surface area contributed by atoms with Crippen molar-refractivity contribution in [1.82, 2.24) is 20.3 Å². The summed E-state index contributed by atoms with van der Waals surface area (Å²) in [5, 5.41) is 11.9. The van der Waals surface area contributed by atoms with Crippen molar-refractivity contribution in [2.75, 3.05) is 6.54 Å². The summed E-state index contributed by atoms with van der Waals surface area (Å²) in [7, 11) is 0. The Morgan fingerprint density at radius 2 is 2.16 bits per heavy atom. The van der Waals surface area contributed by atoms with Gasteiger partial charge in [-0.05, 0) is 31.7 Å². The zero-order valence-electron chi connectivity index (χ0n) is 12.4. The molecule has 1 heterocycles. The summed E-state index contributed by atoms with van der Waals surface area (Å²) in [5.41, 5.74) is 1.27. The molecule has 0 aliphatic heterocycles. The number of hydrogen-bond acceptors (Lipinski definition) is 3. The molecule has 1 saturated carbocycles. The van der Waals surface area contributed by atoms with Gasteiger partial charge >= 0.3 is 0 Å². The minimum atomic E-state index is 0.423. The molecule has 1 fully saturated rings. The predicted molar refractivity (Wildman–Crippen MR) is 77.9 cm³/mol. The van der Waals surface area contributed by atoms with Gasteiger partial charge in [0.15, 0.2) is 0 Å². The Kier molecular flexibility index (Phi) is 5.83. The third-order valence-electron chi connectivity index (χ3n) is 4.23. The highest BCUT2D eigenvalue weighted by Gasteiger charge is 2.20. The molecule has 1 aliphatic carbocycles. The number of aryl methyl sites for hydroxylation is 1. The minimum Gasteiger partial charge on any atom is -0.309 e. The molecule has 0 saturated heterocycles. The number of hydrogen-bond donors (Lipinski definition) is 1. The molecule has 1 aliphatic rings. The van der Waals surface area contributed by atoms with E-state index in [4.69, 9.17) is 0 Å². The molecule has 0 amide bonds. The highest BCUT2D eigenvalue weighted by atomic mass is 15.4. The van der Waals surface area contributed by atoms with Crippen molar-refractivity contribution in [1.29, 1.82) is 0 Å². The molecule has 0 radical (unpaired) electrons. The molecular weight excluding hydrogens is 236 g/mol. The topological polar surface area (TPSA) is 42.7 Å². The summed E-state index contributed by atoms with van der Waals surface area (Å²) in [6.07, 6.45) is 11.4. The van der Waals surface area contributed by atoms with Crippen LogP contribution < -0.4 is 5.32 Å². The average Bonchev–Trinajstić information content (AvgIpc) is 3.06. The molecule has 1 atom stereocenters. The molecule has 2 rings (SSSR count). The van der Waals surface area contributed by atoms with E-state index in [1.54, 1.807) is 0 Å². The maximum Gasteiger partial charge on any atom is 0.0756 e. The molecule has 0 bridgehead atoms. The lowest BCUT2D eigenvalue weighted by atomic mass is 9.97. The molecule has 108 valence electrons. The lowest BCUT2D eigenvalue weighted by molar-refractivity contribution is 0.395. The first-order valence-electron chi connectivity index (χ1n) is 7.96. The maximum atomic E-state index is 4.22. The molecule has 4 heteroatoms. The third-order valence-corrected chi connectivity index (χ3v) is 4.23. The second kappa shape index (κ2) is 7.63. The second-order valence-corrected chi connectivity index (χ2v) is 5.72. The first kappa shape index (κ1) is 14.5.